The first-order valence-corrected chi connectivity index (χ1v) is 9.09. The lowest BCUT2D eigenvalue weighted by atomic mass is 10.2. The van der Waals surface area contributed by atoms with E-state index in [1.807, 2.05) is 36.3 Å². The molecule has 9 nitrogen and oxygen atoms in total. The fraction of sp³-hybridized carbons (Fsp3) is 0.278. The van der Waals surface area contributed by atoms with Gasteiger partial charge in [0.25, 0.3) is 5.91 Å². The zero-order valence-corrected chi connectivity index (χ0v) is 16.7. The van der Waals surface area contributed by atoms with Crippen molar-refractivity contribution in [1.82, 2.24) is 34.1 Å². The number of carbonyl (C=O) groups excluding carboxylic acids is 1. The summed E-state index contributed by atoms with van der Waals surface area (Å²) in [7, 11) is 3.66. The molecule has 2 N–H and O–H groups in total. The topological polar surface area (TPSA) is 109 Å². The van der Waals surface area contributed by atoms with Crippen LogP contribution in [-0.2, 0) is 20.6 Å². The number of nitrogens with two attached hydrogens (primary N) is 1. The Morgan fingerprint density at radius 3 is 2.71 bits per heavy atom. The Bertz CT molecular complexity index is 1230. The zero-order chi connectivity index (χ0) is 20.2. The molecule has 10 heteroatoms. The standard InChI is InChI=1S/C18H19ClN8O/c1-5-27-16(14(19)9(2)24-27)12-8-25(3)18(23-12)15-10-7-21-26(4)13(10)6-11(22-15)17(20)28/h6-8H,5H2,1-4H3,(H2,20,28). The Hall–Kier alpha value is -3.20. The minimum atomic E-state index is -0.610. The molecule has 1 amide bonds. The molecule has 0 bridgehead atoms. The summed E-state index contributed by atoms with van der Waals surface area (Å²) in [4.78, 5) is 21.0. The Kier molecular flexibility index (Phi) is 4.19. The van der Waals surface area contributed by atoms with E-state index in [1.54, 1.807) is 24.0 Å². The molecular formula is C18H19ClN8O. The molecule has 4 aromatic heterocycles. The Morgan fingerprint density at radius 1 is 1.29 bits per heavy atom. The SMILES string of the molecule is CCn1nc(C)c(Cl)c1-c1cn(C)c(-c2nc(C(N)=O)cc3c2cnn3C)n1. The van der Waals surface area contributed by atoms with E-state index in [-0.39, 0.29) is 5.69 Å². The summed E-state index contributed by atoms with van der Waals surface area (Å²) < 4.78 is 5.33. The number of carbonyl (C=O) groups is 1. The van der Waals surface area contributed by atoms with Crippen LogP contribution in [0.15, 0.2) is 18.5 Å². The van der Waals surface area contributed by atoms with Gasteiger partial charge in [0.1, 0.15) is 22.8 Å². The van der Waals surface area contributed by atoms with Crippen LogP contribution in [0.5, 0.6) is 0 Å². The number of rotatable bonds is 4. The summed E-state index contributed by atoms with van der Waals surface area (Å²) in [5.74, 6) is -0.0322. The average Bonchev–Trinajstić information content (AvgIpc) is 3.31. The highest BCUT2D eigenvalue weighted by Gasteiger charge is 2.22. The van der Waals surface area contributed by atoms with Gasteiger partial charge in [-0.05, 0) is 19.9 Å². The van der Waals surface area contributed by atoms with Gasteiger partial charge in [0.2, 0.25) is 0 Å². The van der Waals surface area contributed by atoms with Gasteiger partial charge in [-0.15, -0.1) is 0 Å². The van der Waals surface area contributed by atoms with Gasteiger partial charge in [0.05, 0.1) is 22.4 Å². The highest BCUT2D eigenvalue weighted by molar-refractivity contribution is 6.33. The molecule has 4 rings (SSSR count). The van der Waals surface area contributed by atoms with Crippen molar-refractivity contribution in [3.05, 3.63) is 34.9 Å². The molecule has 0 atom stereocenters. The molecule has 0 aliphatic heterocycles. The van der Waals surface area contributed by atoms with Gasteiger partial charge >= 0.3 is 0 Å². The van der Waals surface area contributed by atoms with Crippen molar-refractivity contribution in [3.8, 4) is 22.9 Å². The molecule has 0 aromatic carbocycles. The molecule has 144 valence electrons. The lowest BCUT2D eigenvalue weighted by Gasteiger charge is -2.05. The van der Waals surface area contributed by atoms with E-state index in [0.717, 1.165) is 22.3 Å². The average molecular weight is 399 g/mol. The van der Waals surface area contributed by atoms with E-state index in [2.05, 4.69) is 15.2 Å². The van der Waals surface area contributed by atoms with E-state index in [0.29, 0.717) is 28.8 Å². The molecule has 0 unspecified atom stereocenters. The third kappa shape index (κ3) is 2.66. The van der Waals surface area contributed by atoms with E-state index >= 15 is 0 Å². The number of aryl methyl sites for hydroxylation is 4. The largest absolute Gasteiger partial charge is 0.364 e. The first kappa shape index (κ1) is 18.2. The Morgan fingerprint density at radius 2 is 2.04 bits per heavy atom. The van der Waals surface area contributed by atoms with Gasteiger partial charge in [-0.2, -0.15) is 10.2 Å². The number of hydrogen-bond acceptors (Lipinski definition) is 5. The number of pyridine rings is 1. The van der Waals surface area contributed by atoms with Gasteiger partial charge in [-0.1, -0.05) is 11.6 Å². The molecule has 0 saturated heterocycles. The molecule has 0 spiro atoms. The van der Waals surface area contributed by atoms with Crippen LogP contribution in [0.3, 0.4) is 0 Å². The molecule has 4 heterocycles. The summed E-state index contributed by atoms with van der Waals surface area (Å²) in [5.41, 5.74) is 9.08. The van der Waals surface area contributed by atoms with E-state index in [9.17, 15) is 4.79 Å². The Balaban J connectivity index is 1.97. The van der Waals surface area contributed by atoms with Gasteiger partial charge in [0.15, 0.2) is 5.82 Å². The van der Waals surface area contributed by atoms with Crippen molar-refractivity contribution in [1.29, 1.82) is 0 Å². The molecule has 0 aliphatic carbocycles. The van der Waals surface area contributed by atoms with Crippen molar-refractivity contribution >= 4 is 28.4 Å². The van der Waals surface area contributed by atoms with Crippen LogP contribution in [0.4, 0.5) is 0 Å². The second-order valence-corrected chi connectivity index (χ2v) is 6.92. The zero-order valence-electron chi connectivity index (χ0n) is 15.9. The molecule has 4 aromatic rings. The molecule has 0 aliphatic rings. The molecule has 28 heavy (non-hydrogen) atoms. The number of hydrogen-bond donors (Lipinski definition) is 1. The predicted octanol–water partition coefficient (Wildman–Crippen LogP) is 2.31. The first-order chi connectivity index (χ1) is 13.3. The molecule has 0 saturated carbocycles. The van der Waals surface area contributed by atoms with Crippen LogP contribution in [0, 0.1) is 6.92 Å². The van der Waals surface area contributed by atoms with Crippen LogP contribution >= 0.6 is 11.6 Å². The van der Waals surface area contributed by atoms with Crippen molar-refractivity contribution < 1.29 is 4.79 Å². The van der Waals surface area contributed by atoms with Crippen LogP contribution in [0.25, 0.3) is 33.8 Å². The van der Waals surface area contributed by atoms with Gasteiger partial charge < -0.3 is 10.3 Å². The second-order valence-electron chi connectivity index (χ2n) is 6.55. The van der Waals surface area contributed by atoms with Gasteiger partial charge in [0, 0.05) is 32.2 Å². The van der Waals surface area contributed by atoms with Gasteiger partial charge in [-0.3, -0.25) is 14.2 Å². The van der Waals surface area contributed by atoms with E-state index < -0.39 is 5.91 Å². The summed E-state index contributed by atoms with van der Waals surface area (Å²) in [5, 5.41) is 10.1. The quantitative estimate of drug-likeness (QED) is 0.567. The summed E-state index contributed by atoms with van der Waals surface area (Å²) in [6.07, 6.45) is 3.56. The van der Waals surface area contributed by atoms with E-state index in [1.165, 1.54) is 0 Å². The maximum absolute atomic E-state index is 11.8. The molecular weight excluding hydrogens is 380 g/mol. The number of halogens is 1. The van der Waals surface area contributed by atoms with Crippen LogP contribution in [-0.4, -0.2) is 40.0 Å². The van der Waals surface area contributed by atoms with Crippen molar-refractivity contribution in [2.75, 3.05) is 0 Å². The second kappa shape index (κ2) is 6.45. The Labute approximate surface area is 165 Å². The third-order valence-corrected chi connectivity index (χ3v) is 5.14. The number of aromatic nitrogens is 7. The van der Waals surface area contributed by atoms with Gasteiger partial charge in [-0.25, -0.2) is 9.97 Å². The minimum absolute atomic E-state index is 0.156. The number of fused-ring (bicyclic) bond motifs is 1. The summed E-state index contributed by atoms with van der Waals surface area (Å²) in [6, 6.07) is 1.63. The predicted molar refractivity (Wildman–Crippen MR) is 106 cm³/mol. The fourth-order valence-corrected chi connectivity index (χ4v) is 3.51. The number of nitrogens with zero attached hydrogens (tertiary/aromatic N) is 7. The molecule has 0 radical (unpaired) electrons. The molecule has 0 fully saturated rings. The first-order valence-electron chi connectivity index (χ1n) is 8.71. The van der Waals surface area contributed by atoms with Crippen molar-refractivity contribution in [2.24, 2.45) is 19.8 Å². The minimum Gasteiger partial charge on any atom is -0.364 e. The highest BCUT2D eigenvalue weighted by atomic mass is 35.5. The number of imidazole rings is 1. The van der Waals surface area contributed by atoms with Crippen LogP contribution in [0.2, 0.25) is 5.02 Å². The number of primary amides is 1. The lowest BCUT2D eigenvalue weighted by molar-refractivity contribution is 0.0996. The summed E-state index contributed by atoms with van der Waals surface area (Å²) >= 11 is 6.48. The smallest absolute Gasteiger partial charge is 0.267 e. The normalized spacial score (nSPS) is 11.5. The fourth-order valence-electron chi connectivity index (χ4n) is 3.27. The summed E-state index contributed by atoms with van der Waals surface area (Å²) in [6.45, 7) is 4.52. The lowest BCUT2D eigenvalue weighted by Crippen LogP contribution is -2.14. The maximum atomic E-state index is 11.8. The monoisotopic (exact) mass is 398 g/mol. The van der Waals surface area contributed by atoms with Crippen molar-refractivity contribution in [2.45, 2.75) is 20.4 Å². The van der Waals surface area contributed by atoms with E-state index in [4.69, 9.17) is 22.3 Å². The van der Waals surface area contributed by atoms with Crippen molar-refractivity contribution in [3.63, 3.8) is 0 Å². The maximum Gasteiger partial charge on any atom is 0.267 e. The van der Waals surface area contributed by atoms with Crippen LogP contribution < -0.4 is 5.73 Å². The number of amides is 1. The highest BCUT2D eigenvalue weighted by Crippen LogP contribution is 2.33. The third-order valence-electron chi connectivity index (χ3n) is 4.68. The van der Waals surface area contributed by atoms with Crippen LogP contribution in [0.1, 0.15) is 23.1 Å².